The predicted octanol–water partition coefficient (Wildman–Crippen LogP) is 1.11. The average molecular weight is 235 g/mol. The SMILES string of the molecule is NC1(c2nn[nH]n2)CCC(C(F)(F)F)CC1. The molecule has 0 amide bonds. The van der Waals surface area contributed by atoms with E-state index in [1.807, 2.05) is 0 Å². The third-order valence-corrected chi connectivity index (χ3v) is 3.13. The molecule has 0 unspecified atom stereocenters. The Kier molecular flexibility index (Phi) is 2.61. The molecule has 8 heteroatoms. The summed E-state index contributed by atoms with van der Waals surface area (Å²) in [7, 11) is 0. The lowest BCUT2D eigenvalue weighted by atomic mass is 9.76. The minimum absolute atomic E-state index is 0.0224. The van der Waals surface area contributed by atoms with E-state index in [2.05, 4.69) is 20.6 Å². The molecule has 5 nitrogen and oxygen atoms in total. The van der Waals surface area contributed by atoms with Crippen LogP contribution >= 0.6 is 0 Å². The van der Waals surface area contributed by atoms with Crippen LogP contribution in [0.1, 0.15) is 31.5 Å². The van der Waals surface area contributed by atoms with Crippen molar-refractivity contribution in [3.05, 3.63) is 5.82 Å². The molecule has 1 aromatic heterocycles. The van der Waals surface area contributed by atoms with E-state index in [0.29, 0.717) is 5.82 Å². The molecule has 0 bridgehead atoms. The van der Waals surface area contributed by atoms with Crippen molar-refractivity contribution in [1.29, 1.82) is 0 Å². The van der Waals surface area contributed by atoms with Crippen LogP contribution in [0.15, 0.2) is 0 Å². The standard InChI is InChI=1S/C8H12F3N5/c9-8(10,11)5-1-3-7(12,4-2-5)6-13-15-16-14-6/h5H,1-4,12H2,(H,13,14,15,16). The predicted molar refractivity (Wildman–Crippen MR) is 48.1 cm³/mol. The molecular weight excluding hydrogens is 223 g/mol. The van der Waals surface area contributed by atoms with E-state index >= 15 is 0 Å². The fourth-order valence-electron chi connectivity index (χ4n) is 2.06. The van der Waals surface area contributed by atoms with Crippen LogP contribution in [0.4, 0.5) is 13.2 Å². The molecule has 90 valence electrons. The van der Waals surface area contributed by atoms with Crippen LogP contribution in [0, 0.1) is 5.92 Å². The van der Waals surface area contributed by atoms with Crippen LogP contribution < -0.4 is 5.73 Å². The van der Waals surface area contributed by atoms with Gasteiger partial charge in [-0.3, -0.25) is 0 Å². The highest BCUT2D eigenvalue weighted by molar-refractivity contribution is 5.04. The van der Waals surface area contributed by atoms with Crippen molar-refractivity contribution in [1.82, 2.24) is 20.6 Å². The molecule has 3 N–H and O–H groups in total. The van der Waals surface area contributed by atoms with Gasteiger partial charge in [-0.05, 0) is 25.7 Å². The minimum Gasteiger partial charge on any atom is -0.319 e. The maximum Gasteiger partial charge on any atom is 0.391 e. The molecule has 1 aliphatic rings. The van der Waals surface area contributed by atoms with Gasteiger partial charge in [-0.25, -0.2) is 0 Å². The van der Waals surface area contributed by atoms with Crippen molar-refractivity contribution in [3.63, 3.8) is 0 Å². The summed E-state index contributed by atoms with van der Waals surface area (Å²) in [5.41, 5.74) is 5.11. The van der Waals surface area contributed by atoms with Gasteiger partial charge in [-0.2, -0.15) is 18.4 Å². The number of nitrogens with one attached hydrogen (secondary N) is 1. The minimum atomic E-state index is -4.13. The van der Waals surface area contributed by atoms with Crippen LogP contribution in [0.25, 0.3) is 0 Å². The summed E-state index contributed by atoms with van der Waals surface area (Å²) in [6.07, 6.45) is -3.62. The zero-order chi connectivity index (χ0) is 11.8. The highest BCUT2D eigenvalue weighted by Crippen LogP contribution is 2.42. The molecule has 1 saturated carbocycles. The normalized spacial score (nSPS) is 31.6. The molecule has 1 fully saturated rings. The Balaban J connectivity index is 2.05. The number of H-pyrrole nitrogens is 1. The second-order valence-electron chi connectivity index (χ2n) is 4.21. The number of aromatic amines is 1. The molecule has 2 rings (SSSR count). The second-order valence-corrected chi connectivity index (χ2v) is 4.21. The largest absolute Gasteiger partial charge is 0.391 e. The van der Waals surface area contributed by atoms with E-state index < -0.39 is 17.6 Å². The summed E-state index contributed by atoms with van der Waals surface area (Å²) in [5, 5.41) is 13.1. The number of hydrogen-bond acceptors (Lipinski definition) is 4. The lowest BCUT2D eigenvalue weighted by Gasteiger charge is -2.35. The summed E-state index contributed by atoms with van der Waals surface area (Å²) in [6.45, 7) is 0. The van der Waals surface area contributed by atoms with Crippen LogP contribution in [0.5, 0.6) is 0 Å². The van der Waals surface area contributed by atoms with E-state index in [9.17, 15) is 13.2 Å². The van der Waals surface area contributed by atoms with Gasteiger partial charge in [0.1, 0.15) is 0 Å². The molecule has 0 atom stereocenters. The van der Waals surface area contributed by atoms with Crippen molar-refractivity contribution in [3.8, 4) is 0 Å². The Morgan fingerprint density at radius 2 is 1.94 bits per heavy atom. The Morgan fingerprint density at radius 3 is 2.38 bits per heavy atom. The quantitative estimate of drug-likeness (QED) is 0.764. The third kappa shape index (κ3) is 2.01. The fourth-order valence-corrected chi connectivity index (χ4v) is 2.06. The zero-order valence-corrected chi connectivity index (χ0v) is 8.46. The Hall–Kier alpha value is -1.18. The second kappa shape index (κ2) is 3.69. The molecule has 0 spiro atoms. The first-order chi connectivity index (χ1) is 7.42. The van der Waals surface area contributed by atoms with E-state index in [1.54, 1.807) is 0 Å². The summed E-state index contributed by atoms with van der Waals surface area (Å²) >= 11 is 0. The van der Waals surface area contributed by atoms with Crippen molar-refractivity contribution in [2.75, 3.05) is 0 Å². The van der Waals surface area contributed by atoms with E-state index in [4.69, 9.17) is 5.73 Å². The van der Waals surface area contributed by atoms with E-state index in [1.165, 1.54) is 0 Å². The van der Waals surface area contributed by atoms with Gasteiger partial charge in [0, 0.05) is 0 Å². The van der Waals surface area contributed by atoms with Gasteiger partial charge < -0.3 is 5.73 Å². The van der Waals surface area contributed by atoms with Gasteiger partial charge in [-0.1, -0.05) is 5.21 Å². The number of aromatic nitrogens is 4. The monoisotopic (exact) mass is 235 g/mol. The first-order valence-electron chi connectivity index (χ1n) is 5.01. The molecule has 0 aliphatic heterocycles. The van der Waals surface area contributed by atoms with Gasteiger partial charge in [0.05, 0.1) is 11.5 Å². The number of hydrogen-bond donors (Lipinski definition) is 2. The lowest BCUT2D eigenvalue weighted by molar-refractivity contribution is -0.185. The van der Waals surface area contributed by atoms with Gasteiger partial charge in [0.15, 0.2) is 5.82 Å². The highest BCUT2D eigenvalue weighted by atomic mass is 19.4. The maximum absolute atomic E-state index is 12.4. The van der Waals surface area contributed by atoms with Gasteiger partial charge in [-0.15, -0.1) is 10.2 Å². The Morgan fingerprint density at radius 1 is 1.31 bits per heavy atom. The Bertz CT molecular complexity index is 339. The lowest BCUT2D eigenvalue weighted by Crippen LogP contribution is -2.43. The maximum atomic E-state index is 12.4. The highest BCUT2D eigenvalue weighted by Gasteiger charge is 2.46. The number of nitrogens with two attached hydrogens (primary N) is 1. The van der Waals surface area contributed by atoms with Crippen LogP contribution in [0.3, 0.4) is 0 Å². The van der Waals surface area contributed by atoms with Crippen molar-refractivity contribution < 1.29 is 13.2 Å². The number of halogens is 3. The van der Waals surface area contributed by atoms with Gasteiger partial charge in [0.25, 0.3) is 0 Å². The molecular formula is C8H12F3N5. The molecule has 0 saturated heterocycles. The third-order valence-electron chi connectivity index (χ3n) is 3.13. The number of rotatable bonds is 1. The van der Waals surface area contributed by atoms with Crippen molar-refractivity contribution >= 4 is 0 Å². The summed E-state index contributed by atoms with van der Waals surface area (Å²) in [5.74, 6) is -0.954. The molecule has 0 radical (unpaired) electrons. The summed E-state index contributed by atoms with van der Waals surface area (Å²) in [6, 6.07) is 0. The Labute approximate surface area is 89.6 Å². The van der Waals surface area contributed by atoms with Gasteiger partial charge in [0.2, 0.25) is 0 Å². The van der Waals surface area contributed by atoms with E-state index in [-0.39, 0.29) is 25.7 Å². The van der Waals surface area contributed by atoms with Crippen LogP contribution in [0.2, 0.25) is 0 Å². The van der Waals surface area contributed by atoms with E-state index in [0.717, 1.165) is 0 Å². The number of nitrogens with zero attached hydrogens (tertiary/aromatic N) is 3. The molecule has 1 aliphatic carbocycles. The molecule has 1 heterocycles. The summed E-state index contributed by atoms with van der Waals surface area (Å²) in [4.78, 5) is 0. The number of tetrazole rings is 1. The van der Waals surface area contributed by atoms with Gasteiger partial charge >= 0.3 is 6.18 Å². The molecule has 1 aromatic rings. The smallest absolute Gasteiger partial charge is 0.319 e. The zero-order valence-electron chi connectivity index (χ0n) is 8.46. The fraction of sp³-hybridized carbons (Fsp3) is 0.875. The van der Waals surface area contributed by atoms with Crippen molar-refractivity contribution in [2.45, 2.75) is 37.4 Å². The first-order valence-corrected chi connectivity index (χ1v) is 5.01. The van der Waals surface area contributed by atoms with Crippen molar-refractivity contribution in [2.24, 2.45) is 11.7 Å². The van der Waals surface area contributed by atoms with Crippen LogP contribution in [-0.2, 0) is 5.54 Å². The molecule has 0 aromatic carbocycles. The van der Waals surface area contributed by atoms with Crippen LogP contribution in [-0.4, -0.2) is 26.8 Å². The summed E-state index contributed by atoms with van der Waals surface area (Å²) < 4.78 is 37.3. The number of alkyl halides is 3. The first kappa shape index (κ1) is 11.3. The molecule has 16 heavy (non-hydrogen) atoms. The average Bonchev–Trinajstić information content (AvgIpc) is 2.70. The topological polar surface area (TPSA) is 80.5 Å².